The fourth-order valence-corrected chi connectivity index (χ4v) is 2.21. The summed E-state index contributed by atoms with van der Waals surface area (Å²) >= 11 is 0. The minimum Gasteiger partial charge on any atom is -0.0961 e. The van der Waals surface area contributed by atoms with E-state index in [0.29, 0.717) is 5.92 Å². The van der Waals surface area contributed by atoms with Crippen molar-refractivity contribution >= 4 is 10.8 Å². The molecule has 0 bridgehead atoms. The number of benzene rings is 2. The van der Waals surface area contributed by atoms with Gasteiger partial charge in [0, 0.05) is 0 Å². The van der Waals surface area contributed by atoms with E-state index >= 15 is 0 Å². The van der Waals surface area contributed by atoms with Gasteiger partial charge in [-0.05, 0) is 35.6 Å². The summed E-state index contributed by atoms with van der Waals surface area (Å²) in [5, 5.41) is 2.70. The molecule has 2 aromatic carbocycles. The monoisotopic (exact) mass is 236 g/mol. The second-order valence-corrected chi connectivity index (χ2v) is 5.03. The van der Waals surface area contributed by atoms with Crippen LogP contribution in [-0.4, -0.2) is 0 Å². The molecule has 92 valence electrons. The molecule has 0 saturated carbocycles. The second kappa shape index (κ2) is 5.68. The summed E-state index contributed by atoms with van der Waals surface area (Å²) in [7, 11) is 0. The number of hydrogen-bond donors (Lipinski definition) is 0. The average Bonchev–Trinajstić information content (AvgIpc) is 2.37. The number of fused-ring (bicyclic) bond motifs is 1. The molecule has 0 spiro atoms. The summed E-state index contributed by atoms with van der Waals surface area (Å²) in [4.78, 5) is 0. The molecule has 18 heavy (non-hydrogen) atoms. The first kappa shape index (κ1) is 12.6. The predicted molar refractivity (Wildman–Crippen MR) is 80.8 cm³/mol. The molecule has 1 atom stereocenters. The first-order valence-corrected chi connectivity index (χ1v) is 6.47. The zero-order valence-corrected chi connectivity index (χ0v) is 11.2. The molecule has 0 heterocycles. The van der Waals surface area contributed by atoms with Crippen molar-refractivity contribution < 1.29 is 0 Å². The lowest BCUT2D eigenvalue weighted by atomic mass is 9.95. The van der Waals surface area contributed by atoms with Gasteiger partial charge in [-0.3, -0.25) is 0 Å². The number of allylic oxidation sites excluding steroid dienone is 3. The van der Waals surface area contributed by atoms with Crippen molar-refractivity contribution in [2.24, 2.45) is 5.92 Å². The van der Waals surface area contributed by atoms with Crippen molar-refractivity contribution in [3.8, 4) is 0 Å². The molecule has 2 aromatic rings. The highest BCUT2D eigenvalue weighted by Gasteiger charge is 2.03. The Labute approximate surface area is 110 Å². The van der Waals surface area contributed by atoms with Crippen molar-refractivity contribution in [2.75, 3.05) is 0 Å². The average molecular weight is 236 g/mol. The highest BCUT2D eigenvalue weighted by molar-refractivity contribution is 5.85. The number of hydrogen-bond acceptors (Lipinski definition) is 0. The van der Waals surface area contributed by atoms with Gasteiger partial charge in [-0.15, -0.1) is 0 Å². The molecule has 0 radical (unpaired) electrons. The van der Waals surface area contributed by atoms with Gasteiger partial charge in [0.05, 0.1) is 0 Å². The van der Waals surface area contributed by atoms with Crippen LogP contribution in [0.25, 0.3) is 10.8 Å². The van der Waals surface area contributed by atoms with Gasteiger partial charge in [-0.1, -0.05) is 73.7 Å². The summed E-state index contributed by atoms with van der Waals surface area (Å²) < 4.78 is 0. The summed E-state index contributed by atoms with van der Waals surface area (Å²) in [6, 6.07) is 15.1. The molecule has 2 rings (SSSR count). The molecule has 0 aliphatic carbocycles. The third kappa shape index (κ3) is 3.10. The molecule has 0 N–H and O–H groups in total. The van der Waals surface area contributed by atoms with Crippen LogP contribution in [0.2, 0.25) is 0 Å². The van der Waals surface area contributed by atoms with Gasteiger partial charge in [0.1, 0.15) is 0 Å². The molecular formula is C18H20. The van der Waals surface area contributed by atoms with E-state index in [4.69, 9.17) is 0 Å². The van der Waals surface area contributed by atoms with E-state index < -0.39 is 0 Å². The summed E-state index contributed by atoms with van der Waals surface area (Å²) in [5.41, 5.74) is 2.53. The predicted octanol–water partition coefficient (Wildman–Crippen LogP) is 5.15. The van der Waals surface area contributed by atoms with Crippen LogP contribution < -0.4 is 0 Å². The largest absolute Gasteiger partial charge is 0.0961 e. The summed E-state index contributed by atoms with van der Waals surface area (Å²) in [6.45, 7) is 8.18. The Hall–Kier alpha value is -1.82. The maximum Gasteiger partial charge on any atom is -0.0152 e. The maximum atomic E-state index is 3.90. The lowest BCUT2D eigenvalue weighted by Crippen LogP contribution is -1.96. The van der Waals surface area contributed by atoms with Crippen molar-refractivity contribution in [1.82, 2.24) is 0 Å². The Morgan fingerprint density at radius 3 is 2.67 bits per heavy atom. The van der Waals surface area contributed by atoms with Gasteiger partial charge in [0.2, 0.25) is 0 Å². The molecule has 0 aromatic heterocycles. The molecule has 0 fully saturated rings. The van der Waals surface area contributed by atoms with Crippen LogP contribution in [0.1, 0.15) is 19.4 Å². The molecule has 0 amide bonds. The van der Waals surface area contributed by atoms with Crippen LogP contribution in [0.15, 0.2) is 66.8 Å². The molecule has 0 aliphatic heterocycles. The van der Waals surface area contributed by atoms with E-state index in [-0.39, 0.29) is 0 Å². The Morgan fingerprint density at radius 1 is 1.17 bits per heavy atom. The van der Waals surface area contributed by atoms with Gasteiger partial charge in [-0.2, -0.15) is 0 Å². The second-order valence-electron chi connectivity index (χ2n) is 5.03. The van der Waals surface area contributed by atoms with Crippen LogP contribution in [0.4, 0.5) is 0 Å². The van der Waals surface area contributed by atoms with Crippen LogP contribution in [0, 0.1) is 5.92 Å². The van der Waals surface area contributed by atoms with Crippen LogP contribution in [0.3, 0.4) is 0 Å². The quantitative estimate of drug-likeness (QED) is 0.644. The minimum absolute atomic E-state index is 0.535. The van der Waals surface area contributed by atoms with E-state index in [2.05, 4.69) is 68.1 Å². The van der Waals surface area contributed by atoms with Crippen molar-refractivity contribution in [3.05, 3.63) is 72.3 Å². The topological polar surface area (TPSA) is 0 Å². The van der Waals surface area contributed by atoms with Crippen molar-refractivity contribution in [2.45, 2.75) is 20.3 Å². The van der Waals surface area contributed by atoms with Gasteiger partial charge in [-0.25, -0.2) is 0 Å². The molecular weight excluding hydrogens is 216 g/mol. The molecule has 0 saturated heterocycles. The Kier molecular flexibility index (Phi) is 3.99. The normalized spacial score (nSPS) is 13.0. The zero-order chi connectivity index (χ0) is 13.0. The highest BCUT2D eigenvalue weighted by Crippen LogP contribution is 2.21. The zero-order valence-electron chi connectivity index (χ0n) is 11.2. The smallest absolute Gasteiger partial charge is 0.0152 e. The van der Waals surface area contributed by atoms with E-state index in [0.717, 1.165) is 12.0 Å². The van der Waals surface area contributed by atoms with Crippen molar-refractivity contribution in [3.63, 3.8) is 0 Å². The molecule has 0 nitrogen and oxygen atoms in total. The fourth-order valence-electron chi connectivity index (χ4n) is 2.21. The van der Waals surface area contributed by atoms with Crippen molar-refractivity contribution in [1.29, 1.82) is 0 Å². The van der Waals surface area contributed by atoms with Gasteiger partial charge >= 0.3 is 0 Å². The lowest BCUT2D eigenvalue weighted by molar-refractivity contribution is 0.727. The molecule has 0 heteroatoms. The standard InChI is InChI=1S/C18H20/c1-14(2)11-12-15(3)13-17-9-6-8-16-7-4-5-10-18(16)17/h4-12,15H,1,13H2,2-3H3. The summed E-state index contributed by atoms with van der Waals surface area (Å²) in [6.07, 6.45) is 5.42. The Balaban J connectivity index is 2.24. The van der Waals surface area contributed by atoms with E-state index in [1.807, 2.05) is 6.92 Å². The minimum atomic E-state index is 0.535. The van der Waals surface area contributed by atoms with Crippen LogP contribution >= 0.6 is 0 Å². The van der Waals surface area contributed by atoms with E-state index in [1.165, 1.54) is 16.3 Å². The molecule has 0 aliphatic rings. The Bertz CT molecular complexity index is 570. The van der Waals surface area contributed by atoms with E-state index in [9.17, 15) is 0 Å². The highest BCUT2D eigenvalue weighted by atomic mass is 14.1. The number of rotatable bonds is 4. The lowest BCUT2D eigenvalue weighted by Gasteiger charge is -2.10. The summed E-state index contributed by atoms with van der Waals surface area (Å²) in [5.74, 6) is 0.535. The van der Waals surface area contributed by atoms with Crippen LogP contribution in [0.5, 0.6) is 0 Å². The third-order valence-corrected chi connectivity index (χ3v) is 3.13. The molecule has 1 unspecified atom stereocenters. The Morgan fingerprint density at radius 2 is 1.89 bits per heavy atom. The first-order chi connectivity index (χ1) is 8.66. The fraction of sp³-hybridized carbons (Fsp3) is 0.222. The third-order valence-electron chi connectivity index (χ3n) is 3.13. The first-order valence-electron chi connectivity index (χ1n) is 6.47. The SMILES string of the molecule is C=C(C)C=CC(C)Cc1cccc2ccccc12. The van der Waals surface area contributed by atoms with Gasteiger partial charge in [0.25, 0.3) is 0 Å². The van der Waals surface area contributed by atoms with Crippen LogP contribution in [-0.2, 0) is 6.42 Å². The maximum absolute atomic E-state index is 3.90. The van der Waals surface area contributed by atoms with Gasteiger partial charge in [0.15, 0.2) is 0 Å². The van der Waals surface area contributed by atoms with Gasteiger partial charge < -0.3 is 0 Å². The van der Waals surface area contributed by atoms with E-state index in [1.54, 1.807) is 0 Å².